The van der Waals surface area contributed by atoms with Gasteiger partial charge in [-0.2, -0.15) is 0 Å². The molecule has 2 aromatic rings. The van der Waals surface area contributed by atoms with Gasteiger partial charge in [-0.25, -0.2) is 13.8 Å². The number of nitrogens with two attached hydrogens (primary N) is 3. The minimum atomic E-state index is -0.815. The fourth-order valence-electron chi connectivity index (χ4n) is 1.65. The van der Waals surface area contributed by atoms with Crippen molar-refractivity contribution in [1.82, 2.24) is 4.98 Å². The van der Waals surface area contributed by atoms with Gasteiger partial charge in [-0.05, 0) is 18.2 Å². The summed E-state index contributed by atoms with van der Waals surface area (Å²) in [5.74, 6) is -1.29. The van der Waals surface area contributed by atoms with Crippen molar-refractivity contribution in [2.24, 2.45) is 5.73 Å². The number of halogens is 2. The number of hydrogen-bond donors (Lipinski definition) is 3. The number of nitrogens with zero attached hydrogens (tertiary/aromatic N) is 1. The van der Waals surface area contributed by atoms with E-state index in [4.69, 9.17) is 17.2 Å². The maximum absolute atomic E-state index is 13.8. The zero-order chi connectivity index (χ0) is 13.3. The van der Waals surface area contributed by atoms with Gasteiger partial charge in [-0.15, -0.1) is 0 Å². The fourth-order valence-corrected chi connectivity index (χ4v) is 1.65. The molecular formula is C12H12F2N4. The summed E-state index contributed by atoms with van der Waals surface area (Å²) in [6.07, 6.45) is 1.29. The van der Waals surface area contributed by atoms with Crippen molar-refractivity contribution in [3.8, 4) is 11.1 Å². The van der Waals surface area contributed by atoms with Crippen LogP contribution >= 0.6 is 0 Å². The van der Waals surface area contributed by atoms with Gasteiger partial charge in [0.1, 0.15) is 11.6 Å². The topological polar surface area (TPSA) is 91.0 Å². The number of rotatable bonds is 2. The molecule has 2 rings (SSSR count). The van der Waals surface area contributed by atoms with E-state index >= 15 is 0 Å². The summed E-state index contributed by atoms with van der Waals surface area (Å²) >= 11 is 0. The molecule has 94 valence electrons. The Balaban J connectivity index is 2.65. The van der Waals surface area contributed by atoms with Crippen molar-refractivity contribution >= 4 is 11.5 Å². The average Bonchev–Trinajstić information content (AvgIpc) is 2.36. The van der Waals surface area contributed by atoms with Gasteiger partial charge in [0.25, 0.3) is 0 Å². The molecule has 0 atom stereocenters. The third-order valence-electron chi connectivity index (χ3n) is 2.63. The Kier molecular flexibility index (Phi) is 3.12. The van der Waals surface area contributed by atoms with E-state index in [0.29, 0.717) is 5.56 Å². The van der Waals surface area contributed by atoms with Crippen LogP contribution in [0.1, 0.15) is 5.56 Å². The molecule has 0 aliphatic heterocycles. The standard InChI is InChI=1S/C12H12F2N4/c13-8-1-2-9(16)11(14)10(8)7-3-6(4-15)12(17)18-5-7/h1-3,5H,4,15-16H2,(H2,17,18). The first-order chi connectivity index (χ1) is 8.54. The Bertz CT molecular complexity index is 599. The van der Waals surface area contributed by atoms with Crippen molar-refractivity contribution in [2.75, 3.05) is 11.5 Å². The second kappa shape index (κ2) is 4.58. The van der Waals surface area contributed by atoms with E-state index < -0.39 is 11.6 Å². The highest BCUT2D eigenvalue weighted by atomic mass is 19.1. The highest BCUT2D eigenvalue weighted by Crippen LogP contribution is 2.30. The monoisotopic (exact) mass is 250 g/mol. The van der Waals surface area contributed by atoms with E-state index in [2.05, 4.69) is 4.98 Å². The van der Waals surface area contributed by atoms with E-state index in [1.807, 2.05) is 0 Å². The van der Waals surface area contributed by atoms with Crippen LogP contribution in [-0.2, 0) is 6.54 Å². The summed E-state index contributed by atoms with van der Waals surface area (Å²) in [5, 5.41) is 0. The normalized spacial score (nSPS) is 10.6. The zero-order valence-electron chi connectivity index (χ0n) is 9.45. The Morgan fingerprint density at radius 2 is 1.89 bits per heavy atom. The van der Waals surface area contributed by atoms with E-state index in [0.717, 1.165) is 6.07 Å². The highest BCUT2D eigenvalue weighted by molar-refractivity contribution is 5.70. The number of benzene rings is 1. The molecule has 18 heavy (non-hydrogen) atoms. The molecule has 1 aromatic carbocycles. The number of pyridine rings is 1. The number of nitrogen functional groups attached to an aromatic ring is 2. The summed E-state index contributed by atoms with van der Waals surface area (Å²) in [7, 11) is 0. The summed E-state index contributed by atoms with van der Waals surface area (Å²) in [6, 6.07) is 3.78. The molecule has 0 unspecified atom stereocenters. The van der Waals surface area contributed by atoms with E-state index in [1.54, 1.807) is 0 Å². The molecule has 0 amide bonds. The summed E-state index contributed by atoms with van der Waals surface area (Å²) in [4.78, 5) is 3.86. The van der Waals surface area contributed by atoms with Crippen LogP contribution in [0.3, 0.4) is 0 Å². The predicted octanol–water partition coefficient (Wildman–Crippen LogP) is 1.65. The SMILES string of the molecule is NCc1cc(-c2c(F)ccc(N)c2F)cnc1N. The summed E-state index contributed by atoms with van der Waals surface area (Å²) in [6.45, 7) is 0.137. The maximum Gasteiger partial charge on any atom is 0.156 e. The third kappa shape index (κ3) is 1.98. The lowest BCUT2D eigenvalue weighted by molar-refractivity contribution is 0.592. The third-order valence-corrected chi connectivity index (χ3v) is 2.63. The molecule has 0 aliphatic carbocycles. The highest BCUT2D eigenvalue weighted by Gasteiger charge is 2.15. The van der Waals surface area contributed by atoms with E-state index in [1.165, 1.54) is 18.3 Å². The number of hydrogen-bond acceptors (Lipinski definition) is 4. The van der Waals surface area contributed by atoms with Crippen LogP contribution in [0, 0.1) is 11.6 Å². The van der Waals surface area contributed by atoms with E-state index in [9.17, 15) is 8.78 Å². The molecule has 4 nitrogen and oxygen atoms in total. The predicted molar refractivity (Wildman–Crippen MR) is 66.3 cm³/mol. The molecule has 0 saturated carbocycles. The van der Waals surface area contributed by atoms with Crippen LogP contribution in [-0.4, -0.2) is 4.98 Å². The van der Waals surface area contributed by atoms with Gasteiger partial charge >= 0.3 is 0 Å². The van der Waals surface area contributed by atoms with Gasteiger partial charge in [0.15, 0.2) is 5.82 Å². The minimum absolute atomic E-state index is 0.127. The molecule has 6 N–H and O–H groups in total. The van der Waals surface area contributed by atoms with Gasteiger partial charge < -0.3 is 17.2 Å². The average molecular weight is 250 g/mol. The maximum atomic E-state index is 13.8. The molecule has 0 saturated heterocycles. The van der Waals surface area contributed by atoms with Crippen LogP contribution in [0.25, 0.3) is 11.1 Å². The Morgan fingerprint density at radius 1 is 1.17 bits per heavy atom. The number of anilines is 2. The van der Waals surface area contributed by atoms with Crippen molar-refractivity contribution in [1.29, 1.82) is 0 Å². The van der Waals surface area contributed by atoms with Crippen molar-refractivity contribution in [3.05, 3.63) is 41.6 Å². The van der Waals surface area contributed by atoms with Crippen molar-refractivity contribution in [3.63, 3.8) is 0 Å². The molecule has 0 radical (unpaired) electrons. The molecule has 0 fully saturated rings. The lowest BCUT2D eigenvalue weighted by atomic mass is 10.0. The summed E-state index contributed by atoms with van der Waals surface area (Å²) in [5.41, 5.74) is 16.9. The number of aromatic nitrogens is 1. The first-order valence-corrected chi connectivity index (χ1v) is 5.23. The fraction of sp³-hybridized carbons (Fsp3) is 0.0833. The first-order valence-electron chi connectivity index (χ1n) is 5.23. The minimum Gasteiger partial charge on any atom is -0.396 e. The molecular weight excluding hydrogens is 238 g/mol. The van der Waals surface area contributed by atoms with Crippen LogP contribution in [0.4, 0.5) is 20.3 Å². The molecule has 6 heteroatoms. The molecule has 0 aliphatic rings. The molecule has 1 aromatic heterocycles. The van der Waals surface area contributed by atoms with Gasteiger partial charge in [0.05, 0.1) is 11.3 Å². The lowest BCUT2D eigenvalue weighted by Gasteiger charge is -2.09. The van der Waals surface area contributed by atoms with Crippen LogP contribution in [0.15, 0.2) is 24.4 Å². The van der Waals surface area contributed by atoms with E-state index in [-0.39, 0.29) is 29.2 Å². The molecule has 1 heterocycles. The van der Waals surface area contributed by atoms with Crippen LogP contribution in [0.2, 0.25) is 0 Å². The van der Waals surface area contributed by atoms with Gasteiger partial charge in [-0.1, -0.05) is 0 Å². The van der Waals surface area contributed by atoms with Gasteiger partial charge in [0.2, 0.25) is 0 Å². The van der Waals surface area contributed by atoms with Crippen LogP contribution < -0.4 is 17.2 Å². The quantitative estimate of drug-likeness (QED) is 0.707. The lowest BCUT2D eigenvalue weighted by Crippen LogP contribution is -2.05. The molecule has 0 spiro atoms. The Labute approximate surface area is 102 Å². The van der Waals surface area contributed by atoms with Crippen molar-refractivity contribution in [2.45, 2.75) is 6.54 Å². The molecule has 0 bridgehead atoms. The first kappa shape index (κ1) is 12.3. The van der Waals surface area contributed by atoms with Gasteiger partial charge in [-0.3, -0.25) is 0 Å². The second-order valence-electron chi connectivity index (χ2n) is 3.80. The van der Waals surface area contributed by atoms with Crippen LogP contribution in [0.5, 0.6) is 0 Å². The summed E-state index contributed by atoms with van der Waals surface area (Å²) < 4.78 is 27.5. The zero-order valence-corrected chi connectivity index (χ0v) is 9.45. The largest absolute Gasteiger partial charge is 0.396 e. The van der Waals surface area contributed by atoms with Gasteiger partial charge in [0, 0.05) is 23.9 Å². The second-order valence-corrected chi connectivity index (χ2v) is 3.80. The smallest absolute Gasteiger partial charge is 0.156 e. The Morgan fingerprint density at radius 3 is 2.56 bits per heavy atom. The van der Waals surface area contributed by atoms with Crippen molar-refractivity contribution < 1.29 is 8.78 Å². The Hall–Kier alpha value is -2.21.